The molecule has 1 heterocycles. The summed E-state index contributed by atoms with van der Waals surface area (Å²) in [7, 11) is 0. The molecule has 124 valence electrons. The van der Waals surface area contributed by atoms with Crippen molar-refractivity contribution in [2.45, 2.75) is 12.0 Å². The second-order valence-electron chi connectivity index (χ2n) is 4.86. The normalized spacial score (nSPS) is 21.6. The van der Waals surface area contributed by atoms with E-state index in [2.05, 4.69) is 10.6 Å². The Labute approximate surface area is 145 Å². The highest BCUT2D eigenvalue weighted by Gasteiger charge is 2.26. The molecule has 1 aliphatic heterocycles. The van der Waals surface area contributed by atoms with Crippen LogP contribution in [0.4, 0.5) is 0 Å². The zero-order valence-electron chi connectivity index (χ0n) is 11.9. The van der Waals surface area contributed by atoms with Crippen molar-refractivity contribution in [3.8, 4) is 0 Å². The van der Waals surface area contributed by atoms with Gasteiger partial charge >= 0.3 is 0 Å². The van der Waals surface area contributed by atoms with Gasteiger partial charge in [0.1, 0.15) is 6.61 Å². The third-order valence-electron chi connectivity index (χ3n) is 3.44. The number of halogens is 3. The highest BCUT2D eigenvalue weighted by atomic mass is 35.5. The van der Waals surface area contributed by atoms with Crippen LogP contribution in [0.15, 0.2) is 18.2 Å². The summed E-state index contributed by atoms with van der Waals surface area (Å²) < 4.78 is 5.80. The Morgan fingerprint density at radius 3 is 2.86 bits per heavy atom. The summed E-state index contributed by atoms with van der Waals surface area (Å²) in [4.78, 5) is 11.2. The lowest BCUT2D eigenvalue weighted by molar-refractivity contribution is -0.124. The minimum Gasteiger partial charge on any atom is -0.387 e. The van der Waals surface area contributed by atoms with E-state index in [9.17, 15) is 4.79 Å². The lowest BCUT2D eigenvalue weighted by Gasteiger charge is -2.25. The van der Waals surface area contributed by atoms with Gasteiger partial charge in [-0.15, -0.1) is 12.4 Å². The van der Waals surface area contributed by atoms with E-state index >= 15 is 0 Å². The Balaban J connectivity index is 0.00000242. The Bertz CT molecular complexity index is 502. The van der Waals surface area contributed by atoms with E-state index in [4.69, 9.17) is 33.0 Å². The molecule has 2 atom stereocenters. The Morgan fingerprint density at radius 2 is 2.18 bits per heavy atom. The molecule has 0 bridgehead atoms. The van der Waals surface area contributed by atoms with Crippen LogP contribution in [-0.4, -0.2) is 50.0 Å². The average molecular weight is 370 g/mol. The smallest absolute Gasteiger partial charge is 0.245 e. The SMILES string of the molecule is Cl.O=C(CO)NC[C@@H]1OCCNC[C@H]1c1ccc(Cl)c(Cl)c1. The lowest BCUT2D eigenvalue weighted by Crippen LogP contribution is -2.39. The quantitative estimate of drug-likeness (QED) is 0.754. The fraction of sp³-hybridized carbons (Fsp3) is 0.500. The van der Waals surface area contributed by atoms with E-state index in [1.807, 2.05) is 12.1 Å². The molecule has 1 aromatic rings. The van der Waals surface area contributed by atoms with Crippen molar-refractivity contribution >= 4 is 41.5 Å². The molecule has 1 aliphatic rings. The number of amides is 1. The number of ether oxygens (including phenoxy) is 1. The summed E-state index contributed by atoms with van der Waals surface area (Å²) in [5.74, 6) is -0.370. The van der Waals surface area contributed by atoms with Gasteiger partial charge in [0, 0.05) is 25.6 Å². The summed E-state index contributed by atoms with van der Waals surface area (Å²) in [6, 6.07) is 5.50. The van der Waals surface area contributed by atoms with Crippen molar-refractivity contribution in [1.82, 2.24) is 10.6 Å². The van der Waals surface area contributed by atoms with E-state index < -0.39 is 12.5 Å². The van der Waals surface area contributed by atoms with Crippen LogP contribution in [0.25, 0.3) is 0 Å². The summed E-state index contributed by atoms with van der Waals surface area (Å²) in [6.45, 7) is 1.85. The number of hydrogen-bond acceptors (Lipinski definition) is 4. The molecular weight excluding hydrogens is 351 g/mol. The fourth-order valence-electron chi connectivity index (χ4n) is 2.33. The predicted octanol–water partition coefficient (Wildman–Crippen LogP) is 1.60. The molecule has 1 fully saturated rings. The van der Waals surface area contributed by atoms with Gasteiger partial charge in [0.05, 0.1) is 22.8 Å². The van der Waals surface area contributed by atoms with Gasteiger partial charge in [0.15, 0.2) is 0 Å². The third kappa shape index (κ3) is 5.26. The minimum absolute atomic E-state index is 0. The summed E-state index contributed by atoms with van der Waals surface area (Å²) >= 11 is 12.0. The zero-order chi connectivity index (χ0) is 15.2. The zero-order valence-corrected chi connectivity index (χ0v) is 14.2. The summed E-state index contributed by atoms with van der Waals surface area (Å²) in [6.07, 6.45) is -0.187. The highest BCUT2D eigenvalue weighted by Crippen LogP contribution is 2.29. The van der Waals surface area contributed by atoms with E-state index in [1.165, 1.54) is 0 Å². The maximum Gasteiger partial charge on any atom is 0.245 e. The van der Waals surface area contributed by atoms with E-state index in [0.717, 1.165) is 18.7 Å². The molecule has 8 heteroatoms. The van der Waals surface area contributed by atoms with Crippen LogP contribution in [0.2, 0.25) is 10.0 Å². The molecule has 5 nitrogen and oxygen atoms in total. The summed E-state index contributed by atoms with van der Waals surface area (Å²) in [5, 5.41) is 15.7. The minimum atomic E-state index is -0.525. The molecule has 22 heavy (non-hydrogen) atoms. The molecular formula is C14H19Cl3N2O3. The van der Waals surface area contributed by atoms with Crippen molar-refractivity contribution in [2.75, 3.05) is 32.8 Å². The van der Waals surface area contributed by atoms with Crippen molar-refractivity contribution in [1.29, 1.82) is 0 Å². The molecule has 1 amide bonds. The van der Waals surface area contributed by atoms with Crippen molar-refractivity contribution < 1.29 is 14.6 Å². The first-order valence-electron chi connectivity index (χ1n) is 6.76. The molecule has 0 aromatic heterocycles. The second kappa shape index (κ2) is 9.55. The first-order valence-corrected chi connectivity index (χ1v) is 7.52. The largest absolute Gasteiger partial charge is 0.387 e. The number of carbonyl (C=O) groups is 1. The highest BCUT2D eigenvalue weighted by molar-refractivity contribution is 6.42. The monoisotopic (exact) mass is 368 g/mol. The molecule has 1 saturated heterocycles. The molecule has 2 rings (SSSR count). The van der Waals surface area contributed by atoms with Crippen LogP contribution in [0.1, 0.15) is 11.5 Å². The molecule has 0 spiro atoms. The topological polar surface area (TPSA) is 70.6 Å². The van der Waals surface area contributed by atoms with Gasteiger partial charge in [-0.25, -0.2) is 0 Å². The first kappa shape index (κ1) is 19.5. The van der Waals surface area contributed by atoms with Crippen LogP contribution >= 0.6 is 35.6 Å². The Kier molecular flexibility index (Phi) is 8.46. The standard InChI is InChI=1S/C14H18Cl2N2O3.ClH/c15-11-2-1-9(5-12(11)16)10-6-17-3-4-21-13(10)7-18-14(20)8-19;/h1-2,5,10,13,17,19H,3-4,6-8H2,(H,18,20);1H/t10-,13-;/m0./s1. The van der Waals surface area contributed by atoms with E-state index in [-0.39, 0.29) is 24.4 Å². The van der Waals surface area contributed by atoms with E-state index in [1.54, 1.807) is 6.07 Å². The molecule has 0 unspecified atom stereocenters. The Morgan fingerprint density at radius 1 is 1.41 bits per heavy atom. The van der Waals surface area contributed by atoms with Crippen LogP contribution in [0, 0.1) is 0 Å². The van der Waals surface area contributed by atoms with Crippen molar-refractivity contribution in [3.63, 3.8) is 0 Å². The number of aliphatic hydroxyl groups is 1. The van der Waals surface area contributed by atoms with Gasteiger partial charge < -0.3 is 20.5 Å². The van der Waals surface area contributed by atoms with Crippen molar-refractivity contribution in [3.05, 3.63) is 33.8 Å². The van der Waals surface area contributed by atoms with Crippen molar-refractivity contribution in [2.24, 2.45) is 0 Å². The molecule has 0 saturated carbocycles. The molecule has 3 N–H and O–H groups in total. The predicted molar refractivity (Wildman–Crippen MR) is 89.2 cm³/mol. The number of hydrogen-bond donors (Lipinski definition) is 3. The van der Waals surface area contributed by atoms with Gasteiger partial charge in [-0.3, -0.25) is 4.79 Å². The van der Waals surface area contributed by atoms with Crippen LogP contribution in [-0.2, 0) is 9.53 Å². The number of rotatable bonds is 4. The molecule has 1 aromatic carbocycles. The van der Waals surface area contributed by atoms with E-state index in [0.29, 0.717) is 23.2 Å². The second-order valence-corrected chi connectivity index (χ2v) is 5.67. The number of nitrogens with one attached hydrogen (secondary N) is 2. The number of aliphatic hydroxyl groups excluding tert-OH is 1. The summed E-state index contributed by atoms with van der Waals surface area (Å²) in [5.41, 5.74) is 1.00. The Hall–Kier alpha value is -0.560. The third-order valence-corrected chi connectivity index (χ3v) is 4.18. The maximum absolute atomic E-state index is 11.2. The molecule has 0 aliphatic carbocycles. The fourth-order valence-corrected chi connectivity index (χ4v) is 2.64. The average Bonchev–Trinajstić information content (AvgIpc) is 2.73. The van der Waals surface area contributed by atoms with Crippen LogP contribution in [0.5, 0.6) is 0 Å². The van der Waals surface area contributed by atoms with Crippen LogP contribution < -0.4 is 10.6 Å². The van der Waals surface area contributed by atoms with Gasteiger partial charge in [-0.2, -0.15) is 0 Å². The first-order chi connectivity index (χ1) is 10.1. The van der Waals surface area contributed by atoms with Gasteiger partial charge in [0.2, 0.25) is 5.91 Å². The van der Waals surface area contributed by atoms with Gasteiger partial charge in [-0.05, 0) is 17.7 Å². The molecule has 0 radical (unpaired) electrons. The lowest BCUT2D eigenvalue weighted by atomic mass is 9.93. The maximum atomic E-state index is 11.2. The van der Waals surface area contributed by atoms with Gasteiger partial charge in [0.25, 0.3) is 0 Å². The number of carbonyl (C=O) groups excluding carboxylic acids is 1. The van der Waals surface area contributed by atoms with Crippen LogP contribution in [0.3, 0.4) is 0 Å². The number of benzene rings is 1. The van der Waals surface area contributed by atoms with Gasteiger partial charge in [-0.1, -0.05) is 29.3 Å².